The molecular formula is C17H19NO4S. The highest BCUT2D eigenvalue weighted by Gasteiger charge is 2.15. The Bertz CT molecular complexity index is 765. The third kappa shape index (κ3) is 4.56. The molecule has 0 spiro atoms. The van der Waals surface area contributed by atoms with Crippen LogP contribution < -0.4 is 4.72 Å². The van der Waals surface area contributed by atoms with Crippen LogP contribution in [-0.2, 0) is 14.8 Å². The molecule has 0 aliphatic heterocycles. The van der Waals surface area contributed by atoms with Gasteiger partial charge in [0.15, 0.2) is 0 Å². The Hall–Kier alpha value is -2.34. The number of esters is 1. The van der Waals surface area contributed by atoms with E-state index in [1.165, 1.54) is 24.3 Å². The molecule has 0 unspecified atom stereocenters. The number of nitrogens with one attached hydrogen (secondary N) is 1. The summed E-state index contributed by atoms with van der Waals surface area (Å²) in [5, 5.41) is 0. The highest BCUT2D eigenvalue weighted by atomic mass is 32.2. The Kier molecular flexibility index (Phi) is 5.39. The lowest BCUT2D eigenvalue weighted by Gasteiger charge is -2.09. The van der Waals surface area contributed by atoms with Crippen molar-refractivity contribution < 1.29 is 17.9 Å². The summed E-state index contributed by atoms with van der Waals surface area (Å²) in [6.07, 6.45) is 0.735. The molecule has 0 aromatic heterocycles. The van der Waals surface area contributed by atoms with E-state index in [-0.39, 0.29) is 4.90 Å². The summed E-state index contributed by atoms with van der Waals surface area (Å²) < 4.78 is 32.1. The maximum absolute atomic E-state index is 12.3. The Morgan fingerprint density at radius 3 is 2.22 bits per heavy atom. The number of ether oxygens (including phenoxy) is 1. The number of rotatable bonds is 6. The summed E-state index contributed by atoms with van der Waals surface area (Å²) in [5.41, 5.74) is 1.86. The van der Waals surface area contributed by atoms with Gasteiger partial charge in [-0.25, -0.2) is 13.2 Å². The maximum Gasteiger partial charge on any atom is 0.338 e. The summed E-state index contributed by atoms with van der Waals surface area (Å²) in [7, 11) is -3.69. The van der Waals surface area contributed by atoms with Gasteiger partial charge in [-0.2, -0.15) is 0 Å². The Morgan fingerprint density at radius 1 is 1.04 bits per heavy atom. The molecule has 0 aliphatic rings. The molecule has 0 aliphatic carbocycles. The van der Waals surface area contributed by atoms with E-state index >= 15 is 0 Å². The molecule has 0 bridgehead atoms. The van der Waals surface area contributed by atoms with Crippen LogP contribution in [0.15, 0.2) is 53.4 Å². The average molecular weight is 333 g/mol. The summed E-state index contributed by atoms with van der Waals surface area (Å²) in [6, 6.07) is 12.7. The van der Waals surface area contributed by atoms with E-state index < -0.39 is 16.0 Å². The van der Waals surface area contributed by atoms with Gasteiger partial charge in [-0.1, -0.05) is 24.6 Å². The predicted molar refractivity (Wildman–Crippen MR) is 89.0 cm³/mol. The van der Waals surface area contributed by atoms with Crippen LogP contribution in [0.5, 0.6) is 0 Å². The summed E-state index contributed by atoms with van der Waals surface area (Å²) in [4.78, 5) is 11.8. The number of hydrogen-bond acceptors (Lipinski definition) is 4. The van der Waals surface area contributed by atoms with Crippen LogP contribution in [0, 0.1) is 6.92 Å². The van der Waals surface area contributed by atoms with Crippen molar-refractivity contribution in [2.45, 2.75) is 25.2 Å². The lowest BCUT2D eigenvalue weighted by Crippen LogP contribution is -2.13. The van der Waals surface area contributed by atoms with Crippen LogP contribution in [0.3, 0.4) is 0 Å². The van der Waals surface area contributed by atoms with Gasteiger partial charge in [-0.05, 0) is 49.7 Å². The normalized spacial score (nSPS) is 11.0. The summed E-state index contributed by atoms with van der Waals surface area (Å²) >= 11 is 0. The van der Waals surface area contributed by atoms with Crippen molar-refractivity contribution in [2.75, 3.05) is 11.3 Å². The topological polar surface area (TPSA) is 72.5 Å². The molecule has 2 aromatic carbocycles. The second kappa shape index (κ2) is 7.28. The third-order valence-corrected chi connectivity index (χ3v) is 4.54. The van der Waals surface area contributed by atoms with Crippen molar-refractivity contribution in [1.29, 1.82) is 0 Å². The largest absolute Gasteiger partial charge is 0.462 e. The van der Waals surface area contributed by atoms with Crippen LogP contribution >= 0.6 is 0 Å². The van der Waals surface area contributed by atoms with Gasteiger partial charge in [0, 0.05) is 5.69 Å². The minimum absolute atomic E-state index is 0.0881. The van der Waals surface area contributed by atoms with Crippen LogP contribution in [0.25, 0.3) is 0 Å². The zero-order valence-corrected chi connectivity index (χ0v) is 13.9. The standard InChI is InChI=1S/C17H19NO4S/c1-3-12-22-17(19)14-6-10-16(11-7-14)23(20,21)18-15-8-4-13(2)5-9-15/h4-11,18H,3,12H2,1-2H3. The van der Waals surface area contributed by atoms with Crippen molar-refractivity contribution in [1.82, 2.24) is 0 Å². The van der Waals surface area contributed by atoms with Crippen LogP contribution in [-0.4, -0.2) is 21.0 Å². The molecule has 2 aromatic rings. The molecule has 23 heavy (non-hydrogen) atoms. The number of hydrogen-bond donors (Lipinski definition) is 1. The van der Waals surface area contributed by atoms with E-state index in [9.17, 15) is 13.2 Å². The van der Waals surface area contributed by atoms with Gasteiger partial charge in [0.05, 0.1) is 17.1 Å². The van der Waals surface area contributed by atoms with E-state index in [1.807, 2.05) is 26.0 Å². The molecule has 0 saturated heterocycles. The summed E-state index contributed by atoms with van der Waals surface area (Å²) in [5.74, 6) is -0.456. The molecule has 0 atom stereocenters. The fraction of sp³-hybridized carbons (Fsp3) is 0.235. The molecule has 2 rings (SSSR count). The quantitative estimate of drug-likeness (QED) is 0.823. The number of sulfonamides is 1. The molecular weight excluding hydrogens is 314 g/mol. The van der Waals surface area contributed by atoms with Gasteiger partial charge >= 0.3 is 5.97 Å². The summed E-state index contributed by atoms with van der Waals surface area (Å²) in [6.45, 7) is 4.17. The molecule has 0 amide bonds. The van der Waals surface area contributed by atoms with Gasteiger partial charge in [0.25, 0.3) is 10.0 Å². The average Bonchev–Trinajstić information content (AvgIpc) is 2.54. The minimum Gasteiger partial charge on any atom is -0.462 e. The number of aryl methyl sites for hydroxylation is 1. The third-order valence-electron chi connectivity index (χ3n) is 3.14. The van der Waals surface area contributed by atoms with Gasteiger partial charge in [-0.15, -0.1) is 0 Å². The number of carbonyl (C=O) groups excluding carboxylic acids is 1. The van der Waals surface area contributed by atoms with Gasteiger partial charge in [0.1, 0.15) is 0 Å². The maximum atomic E-state index is 12.3. The number of carbonyl (C=O) groups is 1. The van der Waals surface area contributed by atoms with Crippen molar-refractivity contribution in [3.05, 3.63) is 59.7 Å². The number of anilines is 1. The molecule has 122 valence electrons. The highest BCUT2D eigenvalue weighted by molar-refractivity contribution is 7.92. The molecule has 6 heteroatoms. The zero-order valence-electron chi connectivity index (χ0n) is 13.1. The smallest absolute Gasteiger partial charge is 0.338 e. The van der Waals surface area contributed by atoms with E-state index in [0.717, 1.165) is 12.0 Å². The van der Waals surface area contributed by atoms with E-state index in [2.05, 4.69) is 4.72 Å². The Labute approximate surface area is 136 Å². The Balaban J connectivity index is 2.14. The van der Waals surface area contributed by atoms with Crippen molar-refractivity contribution in [3.8, 4) is 0 Å². The molecule has 1 N–H and O–H groups in total. The fourth-order valence-electron chi connectivity index (χ4n) is 1.88. The fourth-order valence-corrected chi connectivity index (χ4v) is 2.94. The monoisotopic (exact) mass is 333 g/mol. The lowest BCUT2D eigenvalue weighted by atomic mass is 10.2. The molecule has 0 radical (unpaired) electrons. The SMILES string of the molecule is CCCOC(=O)c1ccc(S(=O)(=O)Nc2ccc(C)cc2)cc1. The lowest BCUT2D eigenvalue weighted by molar-refractivity contribution is 0.0505. The predicted octanol–water partition coefficient (Wildman–Crippen LogP) is 3.36. The van der Waals surface area contributed by atoms with E-state index in [0.29, 0.717) is 17.9 Å². The zero-order chi connectivity index (χ0) is 16.9. The number of benzene rings is 2. The molecule has 0 fully saturated rings. The van der Waals surface area contributed by atoms with Gasteiger partial charge in [0.2, 0.25) is 0 Å². The Morgan fingerprint density at radius 2 is 1.65 bits per heavy atom. The van der Waals surface area contributed by atoms with Crippen molar-refractivity contribution in [2.24, 2.45) is 0 Å². The second-order valence-electron chi connectivity index (χ2n) is 5.13. The first-order valence-electron chi connectivity index (χ1n) is 7.29. The second-order valence-corrected chi connectivity index (χ2v) is 6.81. The van der Waals surface area contributed by atoms with Crippen LogP contribution in [0.4, 0.5) is 5.69 Å². The van der Waals surface area contributed by atoms with Crippen molar-refractivity contribution >= 4 is 21.7 Å². The first kappa shape index (κ1) is 17.0. The molecule has 0 saturated carbocycles. The van der Waals surface area contributed by atoms with Gasteiger partial charge in [-0.3, -0.25) is 4.72 Å². The van der Waals surface area contributed by atoms with Gasteiger partial charge < -0.3 is 4.74 Å². The van der Waals surface area contributed by atoms with Crippen LogP contribution in [0.2, 0.25) is 0 Å². The first-order chi connectivity index (χ1) is 10.9. The van der Waals surface area contributed by atoms with E-state index in [1.54, 1.807) is 12.1 Å². The molecule has 5 nitrogen and oxygen atoms in total. The molecule has 0 heterocycles. The van der Waals surface area contributed by atoms with E-state index in [4.69, 9.17) is 4.74 Å². The van der Waals surface area contributed by atoms with Crippen molar-refractivity contribution in [3.63, 3.8) is 0 Å². The minimum atomic E-state index is -3.69. The highest BCUT2D eigenvalue weighted by Crippen LogP contribution is 2.17. The first-order valence-corrected chi connectivity index (χ1v) is 8.77. The van der Waals surface area contributed by atoms with Crippen LogP contribution in [0.1, 0.15) is 29.3 Å².